The molecule has 0 saturated heterocycles. The van der Waals surface area contributed by atoms with Crippen molar-refractivity contribution in [1.82, 2.24) is 15.1 Å². The zero-order valence-electron chi connectivity index (χ0n) is 10.7. The molecule has 0 aromatic carbocycles. The second kappa shape index (κ2) is 6.53. The summed E-state index contributed by atoms with van der Waals surface area (Å²) in [6.45, 7) is 11.1. The van der Waals surface area contributed by atoms with Crippen LogP contribution in [0.5, 0.6) is 5.75 Å². The quantitative estimate of drug-likeness (QED) is 0.721. The Hall–Kier alpha value is -1.03. The Morgan fingerprint density at radius 3 is 2.75 bits per heavy atom. The number of aryl methyl sites for hydroxylation is 1. The summed E-state index contributed by atoms with van der Waals surface area (Å²) in [6, 6.07) is 0.530. The molecule has 1 atom stereocenters. The Kier molecular flexibility index (Phi) is 5.32. The number of rotatable bonds is 7. The highest BCUT2D eigenvalue weighted by Gasteiger charge is 2.05. The van der Waals surface area contributed by atoms with Crippen molar-refractivity contribution in [3.8, 4) is 5.75 Å². The topological polar surface area (TPSA) is 39.1 Å². The highest BCUT2D eigenvalue weighted by molar-refractivity contribution is 5.11. The van der Waals surface area contributed by atoms with Crippen molar-refractivity contribution in [2.24, 2.45) is 5.92 Å². The molecule has 0 spiro atoms. The minimum absolute atomic E-state index is 0.530. The molecule has 1 aromatic heterocycles. The van der Waals surface area contributed by atoms with Gasteiger partial charge in [0.2, 0.25) is 0 Å². The molecule has 4 heteroatoms. The molecule has 1 aromatic rings. The number of ether oxygens (including phenoxy) is 1. The first-order chi connectivity index (χ1) is 7.63. The van der Waals surface area contributed by atoms with Gasteiger partial charge in [0.1, 0.15) is 6.61 Å². The van der Waals surface area contributed by atoms with E-state index < -0.39 is 0 Å². The van der Waals surface area contributed by atoms with Crippen molar-refractivity contribution >= 4 is 0 Å². The van der Waals surface area contributed by atoms with Crippen LogP contribution < -0.4 is 10.1 Å². The fraction of sp³-hybridized carbons (Fsp3) is 0.750. The minimum atomic E-state index is 0.530. The molecule has 4 nitrogen and oxygen atoms in total. The first-order valence-electron chi connectivity index (χ1n) is 6.02. The Morgan fingerprint density at radius 1 is 1.44 bits per heavy atom. The maximum atomic E-state index is 5.57. The number of aromatic nitrogens is 2. The fourth-order valence-electron chi connectivity index (χ4n) is 1.28. The summed E-state index contributed by atoms with van der Waals surface area (Å²) in [6.07, 6.45) is 3.68. The van der Waals surface area contributed by atoms with Crippen LogP contribution in [0.3, 0.4) is 0 Å². The zero-order chi connectivity index (χ0) is 12.0. The van der Waals surface area contributed by atoms with Gasteiger partial charge in [-0.3, -0.25) is 4.68 Å². The molecular formula is C12H23N3O. The maximum absolute atomic E-state index is 5.57. The van der Waals surface area contributed by atoms with Crippen molar-refractivity contribution in [3.05, 3.63) is 12.4 Å². The number of hydrogen-bond acceptors (Lipinski definition) is 3. The molecule has 0 radical (unpaired) electrons. The van der Waals surface area contributed by atoms with Crippen LogP contribution in [0.15, 0.2) is 12.4 Å². The summed E-state index contributed by atoms with van der Waals surface area (Å²) in [4.78, 5) is 0. The molecular weight excluding hydrogens is 202 g/mol. The average Bonchev–Trinajstić information content (AvgIpc) is 2.71. The fourth-order valence-corrected chi connectivity index (χ4v) is 1.28. The van der Waals surface area contributed by atoms with E-state index in [-0.39, 0.29) is 0 Å². The third-order valence-corrected chi connectivity index (χ3v) is 2.77. The average molecular weight is 225 g/mol. The minimum Gasteiger partial charge on any atom is -0.489 e. The van der Waals surface area contributed by atoms with E-state index in [4.69, 9.17) is 4.74 Å². The lowest BCUT2D eigenvalue weighted by Gasteiger charge is -2.17. The van der Waals surface area contributed by atoms with Crippen molar-refractivity contribution in [3.63, 3.8) is 0 Å². The first-order valence-corrected chi connectivity index (χ1v) is 6.02. The van der Waals surface area contributed by atoms with Gasteiger partial charge in [0, 0.05) is 19.1 Å². The third kappa shape index (κ3) is 4.23. The number of nitrogens with one attached hydrogen (secondary N) is 1. The first kappa shape index (κ1) is 13.0. The van der Waals surface area contributed by atoms with Gasteiger partial charge < -0.3 is 10.1 Å². The highest BCUT2D eigenvalue weighted by Crippen LogP contribution is 2.07. The van der Waals surface area contributed by atoms with Gasteiger partial charge in [-0.1, -0.05) is 13.8 Å². The summed E-state index contributed by atoms with van der Waals surface area (Å²) in [5.41, 5.74) is 0. The predicted octanol–water partition coefficient (Wildman–Crippen LogP) is 1.92. The standard InChI is InChI=1S/C12H23N3O/c1-5-15-9-12(8-14-15)16-7-6-13-11(4)10(2)3/h8-11,13H,5-7H2,1-4H3. The molecule has 0 aliphatic rings. The van der Waals surface area contributed by atoms with Crippen LogP contribution in [-0.4, -0.2) is 29.0 Å². The third-order valence-electron chi connectivity index (χ3n) is 2.77. The molecule has 0 fully saturated rings. The maximum Gasteiger partial charge on any atom is 0.157 e. The molecule has 1 unspecified atom stereocenters. The van der Waals surface area contributed by atoms with Gasteiger partial charge in [-0.05, 0) is 19.8 Å². The molecule has 0 bridgehead atoms. The van der Waals surface area contributed by atoms with Crippen LogP contribution >= 0.6 is 0 Å². The zero-order valence-corrected chi connectivity index (χ0v) is 10.7. The number of nitrogens with zero attached hydrogens (tertiary/aromatic N) is 2. The molecule has 1 rings (SSSR count). The Balaban J connectivity index is 2.16. The van der Waals surface area contributed by atoms with Gasteiger partial charge in [-0.15, -0.1) is 0 Å². The van der Waals surface area contributed by atoms with E-state index in [1.165, 1.54) is 0 Å². The smallest absolute Gasteiger partial charge is 0.157 e. The summed E-state index contributed by atoms with van der Waals surface area (Å²) in [5.74, 6) is 1.50. The van der Waals surface area contributed by atoms with E-state index in [9.17, 15) is 0 Å². The van der Waals surface area contributed by atoms with Crippen LogP contribution in [0.4, 0.5) is 0 Å². The van der Waals surface area contributed by atoms with Crippen LogP contribution in [0.1, 0.15) is 27.7 Å². The second-order valence-electron chi connectivity index (χ2n) is 4.37. The van der Waals surface area contributed by atoms with Gasteiger partial charge in [0.25, 0.3) is 0 Å². The van der Waals surface area contributed by atoms with Crippen LogP contribution in [0.25, 0.3) is 0 Å². The van der Waals surface area contributed by atoms with Crippen LogP contribution in [-0.2, 0) is 6.54 Å². The summed E-state index contributed by atoms with van der Waals surface area (Å²) >= 11 is 0. The molecule has 1 N–H and O–H groups in total. The van der Waals surface area contributed by atoms with E-state index in [0.29, 0.717) is 18.6 Å². The highest BCUT2D eigenvalue weighted by atomic mass is 16.5. The lowest BCUT2D eigenvalue weighted by Crippen LogP contribution is -2.33. The number of hydrogen-bond donors (Lipinski definition) is 1. The van der Waals surface area contributed by atoms with Crippen molar-refractivity contribution in [1.29, 1.82) is 0 Å². The predicted molar refractivity (Wildman–Crippen MR) is 65.7 cm³/mol. The van der Waals surface area contributed by atoms with Crippen molar-refractivity contribution in [2.75, 3.05) is 13.2 Å². The molecule has 16 heavy (non-hydrogen) atoms. The molecule has 92 valence electrons. The van der Waals surface area contributed by atoms with E-state index in [2.05, 4.69) is 38.1 Å². The Bertz CT molecular complexity index is 296. The van der Waals surface area contributed by atoms with Gasteiger partial charge in [0.05, 0.1) is 12.4 Å². The van der Waals surface area contributed by atoms with Crippen molar-refractivity contribution < 1.29 is 4.74 Å². The summed E-state index contributed by atoms with van der Waals surface area (Å²) in [7, 11) is 0. The lowest BCUT2D eigenvalue weighted by molar-refractivity contribution is 0.296. The molecule has 0 aliphatic carbocycles. The van der Waals surface area contributed by atoms with Gasteiger partial charge in [0.15, 0.2) is 5.75 Å². The monoisotopic (exact) mass is 225 g/mol. The summed E-state index contributed by atoms with van der Waals surface area (Å²) < 4.78 is 7.43. The lowest BCUT2D eigenvalue weighted by atomic mass is 10.1. The van der Waals surface area contributed by atoms with Gasteiger partial charge >= 0.3 is 0 Å². The van der Waals surface area contributed by atoms with Crippen molar-refractivity contribution in [2.45, 2.75) is 40.3 Å². The summed E-state index contributed by atoms with van der Waals surface area (Å²) in [5, 5.41) is 7.57. The second-order valence-corrected chi connectivity index (χ2v) is 4.37. The Morgan fingerprint density at radius 2 is 2.19 bits per heavy atom. The van der Waals surface area contributed by atoms with Crippen LogP contribution in [0.2, 0.25) is 0 Å². The van der Waals surface area contributed by atoms with E-state index >= 15 is 0 Å². The van der Waals surface area contributed by atoms with E-state index in [1.807, 2.05) is 10.9 Å². The van der Waals surface area contributed by atoms with Crippen LogP contribution in [0, 0.1) is 5.92 Å². The largest absolute Gasteiger partial charge is 0.489 e. The molecule has 0 saturated carbocycles. The van der Waals surface area contributed by atoms with E-state index in [1.54, 1.807) is 6.20 Å². The van der Waals surface area contributed by atoms with E-state index in [0.717, 1.165) is 18.8 Å². The van der Waals surface area contributed by atoms with Gasteiger partial charge in [-0.25, -0.2) is 0 Å². The molecule has 1 heterocycles. The molecule has 0 amide bonds. The normalized spacial score (nSPS) is 13.1. The van der Waals surface area contributed by atoms with Gasteiger partial charge in [-0.2, -0.15) is 5.10 Å². The SMILES string of the molecule is CCn1cc(OCCNC(C)C(C)C)cn1. The molecule has 0 aliphatic heterocycles. The Labute approximate surface area is 98.0 Å².